The molecule has 6 nitrogen and oxygen atoms in total. The second-order valence-corrected chi connectivity index (χ2v) is 6.93. The van der Waals surface area contributed by atoms with Crippen molar-refractivity contribution in [3.05, 3.63) is 71.0 Å². The number of carbonyl (C=O) groups excluding carboxylic acids is 1. The number of ketones is 1. The van der Waals surface area contributed by atoms with E-state index in [1.807, 2.05) is 37.3 Å². The van der Waals surface area contributed by atoms with E-state index in [1.54, 1.807) is 18.3 Å². The van der Waals surface area contributed by atoms with E-state index in [0.29, 0.717) is 21.7 Å². The van der Waals surface area contributed by atoms with Gasteiger partial charge in [0, 0.05) is 23.5 Å². The maximum atomic E-state index is 12.4. The van der Waals surface area contributed by atoms with Gasteiger partial charge in [0.15, 0.2) is 5.78 Å². The Balaban J connectivity index is 2.03. The van der Waals surface area contributed by atoms with Crippen LogP contribution in [0, 0.1) is 29.6 Å². The number of aromatic nitrogens is 2. The number of benzene rings is 1. The molecule has 2 N–H and O–H groups in total. The van der Waals surface area contributed by atoms with Crippen molar-refractivity contribution in [2.24, 2.45) is 0 Å². The summed E-state index contributed by atoms with van der Waals surface area (Å²) in [5.74, 6) is -0.0245. The second kappa shape index (κ2) is 8.34. The number of thioether (sulfide) groups is 1. The number of nitrogens with zero attached hydrogens (tertiary/aromatic N) is 4. The van der Waals surface area contributed by atoms with Crippen LogP contribution in [0.15, 0.2) is 53.8 Å². The van der Waals surface area contributed by atoms with Gasteiger partial charge in [0.25, 0.3) is 0 Å². The smallest absolute Gasteiger partial charge is 0.174 e. The van der Waals surface area contributed by atoms with Crippen molar-refractivity contribution in [3.63, 3.8) is 0 Å². The molecule has 2 heterocycles. The number of nitrogen functional groups attached to an aromatic ring is 1. The molecule has 3 rings (SSSR count). The van der Waals surface area contributed by atoms with Crippen molar-refractivity contribution in [3.8, 4) is 23.3 Å². The molecule has 0 bridgehead atoms. The number of rotatable bonds is 5. The van der Waals surface area contributed by atoms with Crippen molar-refractivity contribution in [1.82, 2.24) is 9.97 Å². The van der Waals surface area contributed by atoms with Crippen molar-refractivity contribution >= 4 is 23.4 Å². The zero-order valence-electron chi connectivity index (χ0n) is 15.0. The van der Waals surface area contributed by atoms with Crippen LogP contribution in [0.5, 0.6) is 0 Å². The van der Waals surface area contributed by atoms with Gasteiger partial charge >= 0.3 is 0 Å². The number of hydrogen-bond acceptors (Lipinski definition) is 7. The Morgan fingerprint density at radius 1 is 1.14 bits per heavy atom. The predicted octanol–water partition coefficient (Wildman–Crippen LogP) is 3.75. The zero-order chi connectivity index (χ0) is 20.1. The van der Waals surface area contributed by atoms with E-state index >= 15 is 0 Å². The lowest BCUT2D eigenvalue weighted by atomic mass is 9.96. The lowest BCUT2D eigenvalue weighted by Gasteiger charge is -2.13. The van der Waals surface area contributed by atoms with E-state index in [0.717, 1.165) is 17.3 Å². The number of nitrogens with two attached hydrogens (primary N) is 1. The van der Waals surface area contributed by atoms with Crippen LogP contribution in [0.25, 0.3) is 11.1 Å². The molecule has 0 aliphatic heterocycles. The van der Waals surface area contributed by atoms with Crippen LogP contribution >= 0.6 is 11.8 Å². The van der Waals surface area contributed by atoms with Gasteiger partial charge < -0.3 is 5.73 Å². The number of nitriles is 2. The van der Waals surface area contributed by atoms with Crippen LogP contribution in [-0.4, -0.2) is 21.5 Å². The fourth-order valence-corrected chi connectivity index (χ4v) is 3.55. The SMILES string of the molecule is Cc1ccc(-c2c(C#N)c(N)nc(SCC(=O)c3cccnc3)c2C#N)cc1. The van der Waals surface area contributed by atoms with Crippen molar-refractivity contribution < 1.29 is 4.79 Å². The van der Waals surface area contributed by atoms with Gasteiger partial charge in [-0.25, -0.2) is 4.98 Å². The standard InChI is InChI=1S/C21H15N5OS/c1-13-4-6-14(7-5-13)19-16(9-22)20(24)26-21(17(19)10-23)28-12-18(27)15-3-2-8-25-11-15/h2-8,11H,12H2,1H3,(H2,24,26). The summed E-state index contributed by atoms with van der Waals surface area (Å²) >= 11 is 1.12. The van der Waals surface area contributed by atoms with Gasteiger partial charge in [-0.15, -0.1) is 0 Å². The minimum Gasteiger partial charge on any atom is -0.383 e. The first-order chi connectivity index (χ1) is 13.5. The van der Waals surface area contributed by atoms with Crippen molar-refractivity contribution in [2.75, 3.05) is 11.5 Å². The Morgan fingerprint density at radius 3 is 2.46 bits per heavy atom. The summed E-state index contributed by atoms with van der Waals surface area (Å²) in [6.45, 7) is 1.95. The summed E-state index contributed by atoms with van der Waals surface area (Å²) in [7, 11) is 0. The molecule has 0 spiro atoms. The normalized spacial score (nSPS) is 10.1. The first kappa shape index (κ1) is 19.1. The third-order valence-electron chi connectivity index (χ3n) is 4.08. The predicted molar refractivity (Wildman–Crippen MR) is 108 cm³/mol. The number of Topliss-reactive ketones (excluding diaryl/α,β-unsaturated/α-hetero) is 1. The second-order valence-electron chi connectivity index (χ2n) is 5.97. The minimum atomic E-state index is -0.136. The molecule has 7 heteroatoms. The molecule has 28 heavy (non-hydrogen) atoms. The molecule has 0 unspecified atom stereocenters. The number of pyridine rings is 2. The van der Waals surface area contributed by atoms with Gasteiger partial charge in [0.05, 0.1) is 11.3 Å². The summed E-state index contributed by atoms with van der Waals surface area (Å²) in [5.41, 5.74) is 9.06. The summed E-state index contributed by atoms with van der Waals surface area (Å²) in [6.07, 6.45) is 3.08. The maximum absolute atomic E-state index is 12.4. The van der Waals surface area contributed by atoms with Crippen LogP contribution < -0.4 is 5.73 Å². The Labute approximate surface area is 166 Å². The molecular formula is C21H15N5OS. The summed E-state index contributed by atoms with van der Waals surface area (Å²) in [6, 6.07) is 15.0. The molecular weight excluding hydrogens is 370 g/mol. The number of anilines is 1. The first-order valence-corrected chi connectivity index (χ1v) is 9.30. The number of hydrogen-bond donors (Lipinski definition) is 1. The Kier molecular flexibility index (Phi) is 5.69. The van der Waals surface area contributed by atoms with Gasteiger partial charge in [-0.05, 0) is 24.6 Å². The molecule has 0 aliphatic rings. The molecule has 136 valence electrons. The molecule has 0 fully saturated rings. The van der Waals surface area contributed by atoms with Crippen molar-refractivity contribution in [2.45, 2.75) is 11.9 Å². The lowest BCUT2D eigenvalue weighted by molar-refractivity contribution is 0.102. The highest BCUT2D eigenvalue weighted by molar-refractivity contribution is 8.00. The van der Waals surface area contributed by atoms with Crippen LogP contribution in [0.1, 0.15) is 27.0 Å². The van der Waals surface area contributed by atoms with Gasteiger partial charge in [0.2, 0.25) is 0 Å². The summed E-state index contributed by atoms with van der Waals surface area (Å²) in [4.78, 5) is 20.5. The largest absolute Gasteiger partial charge is 0.383 e. The van der Waals surface area contributed by atoms with E-state index in [4.69, 9.17) is 5.73 Å². The molecule has 0 atom stereocenters. The van der Waals surface area contributed by atoms with E-state index in [-0.39, 0.29) is 28.5 Å². The van der Waals surface area contributed by atoms with Gasteiger partial charge in [-0.1, -0.05) is 41.6 Å². The Morgan fingerprint density at radius 2 is 1.86 bits per heavy atom. The number of aryl methyl sites for hydroxylation is 1. The fraction of sp³-hybridized carbons (Fsp3) is 0.0952. The molecule has 0 saturated heterocycles. The average molecular weight is 385 g/mol. The topological polar surface area (TPSA) is 116 Å². The lowest BCUT2D eigenvalue weighted by Crippen LogP contribution is -2.06. The van der Waals surface area contributed by atoms with Crippen LogP contribution in [0.4, 0.5) is 5.82 Å². The van der Waals surface area contributed by atoms with Crippen LogP contribution in [-0.2, 0) is 0 Å². The van der Waals surface area contributed by atoms with E-state index < -0.39 is 0 Å². The molecule has 0 aliphatic carbocycles. The molecule has 1 aromatic carbocycles. The van der Waals surface area contributed by atoms with Gasteiger partial charge in [-0.2, -0.15) is 10.5 Å². The van der Waals surface area contributed by atoms with E-state index in [2.05, 4.69) is 16.0 Å². The highest BCUT2D eigenvalue weighted by Gasteiger charge is 2.21. The monoisotopic (exact) mass is 385 g/mol. The Hall–Kier alpha value is -3.68. The van der Waals surface area contributed by atoms with Crippen LogP contribution in [0.3, 0.4) is 0 Å². The highest BCUT2D eigenvalue weighted by Crippen LogP contribution is 2.35. The quantitative estimate of drug-likeness (QED) is 0.525. The van der Waals surface area contributed by atoms with Gasteiger partial charge in [0.1, 0.15) is 28.5 Å². The average Bonchev–Trinajstić information content (AvgIpc) is 2.72. The first-order valence-electron chi connectivity index (χ1n) is 8.32. The Bertz CT molecular complexity index is 1110. The van der Waals surface area contributed by atoms with Gasteiger partial charge in [-0.3, -0.25) is 9.78 Å². The zero-order valence-corrected chi connectivity index (χ0v) is 15.8. The molecule has 0 radical (unpaired) electrons. The summed E-state index contributed by atoms with van der Waals surface area (Å²) in [5, 5.41) is 19.6. The maximum Gasteiger partial charge on any atom is 0.174 e. The summed E-state index contributed by atoms with van der Waals surface area (Å²) < 4.78 is 0. The highest BCUT2D eigenvalue weighted by atomic mass is 32.2. The molecule has 0 amide bonds. The molecule has 0 saturated carbocycles. The van der Waals surface area contributed by atoms with Crippen LogP contribution in [0.2, 0.25) is 0 Å². The third kappa shape index (κ3) is 3.85. The van der Waals surface area contributed by atoms with E-state index in [9.17, 15) is 15.3 Å². The molecule has 3 aromatic rings. The number of carbonyl (C=O) groups is 1. The van der Waals surface area contributed by atoms with E-state index in [1.165, 1.54) is 6.20 Å². The van der Waals surface area contributed by atoms with Crippen molar-refractivity contribution in [1.29, 1.82) is 10.5 Å². The fourth-order valence-electron chi connectivity index (χ4n) is 2.66. The molecule has 2 aromatic heterocycles. The third-order valence-corrected chi connectivity index (χ3v) is 5.05. The minimum absolute atomic E-state index is 0.0356.